The normalized spacial score (nSPS) is 17.6. The zero-order valence-corrected chi connectivity index (χ0v) is 17.9. The van der Waals surface area contributed by atoms with Gasteiger partial charge in [0.15, 0.2) is 17.5 Å². The molecule has 1 aliphatic heterocycles. The van der Waals surface area contributed by atoms with Crippen LogP contribution in [0.3, 0.4) is 0 Å². The van der Waals surface area contributed by atoms with E-state index in [1.54, 1.807) is 7.05 Å². The molecule has 2 atom stereocenters. The van der Waals surface area contributed by atoms with E-state index in [1.807, 2.05) is 24.3 Å². The Morgan fingerprint density at radius 1 is 1.32 bits per heavy atom. The van der Waals surface area contributed by atoms with Gasteiger partial charge < -0.3 is 25.0 Å². The third kappa shape index (κ3) is 6.89. The first kappa shape index (κ1) is 21.8. The summed E-state index contributed by atoms with van der Waals surface area (Å²) >= 11 is 0. The summed E-state index contributed by atoms with van der Waals surface area (Å²) in [6.45, 7) is 7.47. The van der Waals surface area contributed by atoms with Crippen LogP contribution in [-0.4, -0.2) is 63.3 Å². The first-order valence-electron chi connectivity index (χ1n) is 8.67. The molecule has 1 aromatic rings. The van der Waals surface area contributed by atoms with Gasteiger partial charge in [-0.2, -0.15) is 0 Å². The molecule has 2 unspecified atom stereocenters. The van der Waals surface area contributed by atoms with E-state index < -0.39 is 0 Å². The van der Waals surface area contributed by atoms with Gasteiger partial charge in [-0.05, 0) is 32.5 Å². The van der Waals surface area contributed by atoms with Gasteiger partial charge in [0.05, 0.1) is 6.54 Å². The molecule has 0 saturated carbocycles. The lowest BCUT2D eigenvalue weighted by molar-refractivity contribution is 0.0936. The smallest absolute Gasteiger partial charge is 0.191 e. The van der Waals surface area contributed by atoms with Crippen LogP contribution in [0, 0.1) is 0 Å². The highest BCUT2D eigenvalue weighted by Crippen LogP contribution is 2.30. The predicted molar refractivity (Wildman–Crippen MR) is 114 cm³/mol. The maximum absolute atomic E-state index is 5.94. The molecular weight excluding hydrogens is 431 g/mol. The van der Waals surface area contributed by atoms with Crippen molar-refractivity contribution in [2.75, 3.05) is 40.3 Å². The highest BCUT2D eigenvalue weighted by molar-refractivity contribution is 14.0. The van der Waals surface area contributed by atoms with Crippen molar-refractivity contribution >= 4 is 29.9 Å². The number of guanidine groups is 1. The van der Waals surface area contributed by atoms with Crippen LogP contribution in [0.4, 0.5) is 0 Å². The third-order valence-electron chi connectivity index (χ3n) is 4.39. The highest BCUT2D eigenvalue weighted by atomic mass is 127. The molecule has 0 radical (unpaired) electrons. The molecule has 0 amide bonds. The molecule has 142 valence electrons. The molecule has 25 heavy (non-hydrogen) atoms. The predicted octanol–water partition coefficient (Wildman–Crippen LogP) is 2.34. The van der Waals surface area contributed by atoms with Gasteiger partial charge in [-0.1, -0.05) is 19.1 Å². The van der Waals surface area contributed by atoms with Gasteiger partial charge in [-0.25, -0.2) is 0 Å². The SMILES string of the molecule is CCC(C)N(C)CCNC(=NC)NCC1COc2ccccc2O1.I. The third-order valence-corrected chi connectivity index (χ3v) is 4.39. The van der Waals surface area contributed by atoms with E-state index in [-0.39, 0.29) is 30.1 Å². The molecule has 7 heteroatoms. The number of rotatable bonds is 7. The maximum atomic E-state index is 5.94. The number of likely N-dealkylation sites (N-methyl/N-ethyl adjacent to an activating group) is 1. The van der Waals surface area contributed by atoms with Crippen LogP contribution in [0.2, 0.25) is 0 Å². The van der Waals surface area contributed by atoms with Crippen LogP contribution in [0.5, 0.6) is 11.5 Å². The van der Waals surface area contributed by atoms with Crippen LogP contribution in [-0.2, 0) is 0 Å². The lowest BCUT2D eigenvalue weighted by atomic mass is 10.2. The Morgan fingerprint density at radius 2 is 2.04 bits per heavy atom. The summed E-state index contributed by atoms with van der Waals surface area (Å²) in [6.07, 6.45) is 1.13. The maximum Gasteiger partial charge on any atom is 0.191 e. The fourth-order valence-corrected chi connectivity index (χ4v) is 2.48. The molecular formula is C18H31IN4O2. The quantitative estimate of drug-likeness (QED) is 0.370. The van der Waals surface area contributed by atoms with E-state index in [1.165, 1.54) is 0 Å². The summed E-state index contributed by atoms with van der Waals surface area (Å²) in [5, 5.41) is 6.64. The van der Waals surface area contributed by atoms with Gasteiger partial charge >= 0.3 is 0 Å². The molecule has 0 aliphatic carbocycles. The van der Waals surface area contributed by atoms with Gasteiger partial charge in [0.2, 0.25) is 0 Å². The number of benzene rings is 1. The summed E-state index contributed by atoms with van der Waals surface area (Å²) < 4.78 is 11.7. The van der Waals surface area contributed by atoms with Crippen molar-refractivity contribution < 1.29 is 9.47 Å². The van der Waals surface area contributed by atoms with Gasteiger partial charge in [0.1, 0.15) is 12.7 Å². The molecule has 0 saturated heterocycles. The number of aliphatic imine (C=N–C) groups is 1. The minimum Gasteiger partial charge on any atom is -0.486 e. The number of hydrogen-bond donors (Lipinski definition) is 2. The standard InChI is InChI=1S/C18H30N4O2.HI/c1-5-14(2)22(4)11-10-20-18(19-3)21-12-15-13-23-16-8-6-7-9-17(16)24-15;/h6-9,14-15H,5,10-13H2,1-4H3,(H2,19,20,21);1H. The number of ether oxygens (including phenoxy) is 2. The van der Waals surface area contributed by atoms with E-state index >= 15 is 0 Å². The van der Waals surface area contributed by atoms with Crippen LogP contribution < -0.4 is 20.1 Å². The fraction of sp³-hybridized carbons (Fsp3) is 0.611. The molecule has 2 N–H and O–H groups in total. The van der Waals surface area contributed by atoms with E-state index in [0.29, 0.717) is 19.2 Å². The highest BCUT2D eigenvalue weighted by Gasteiger charge is 2.20. The molecule has 1 aliphatic rings. The van der Waals surface area contributed by atoms with E-state index in [0.717, 1.165) is 37.0 Å². The van der Waals surface area contributed by atoms with Crippen molar-refractivity contribution in [2.45, 2.75) is 32.4 Å². The van der Waals surface area contributed by atoms with Crippen LogP contribution in [0.1, 0.15) is 20.3 Å². The second-order valence-electron chi connectivity index (χ2n) is 6.12. The summed E-state index contributed by atoms with van der Waals surface area (Å²) in [7, 11) is 3.93. The Hall–Kier alpha value is -1.22. The average Bonchev–Trinajstić information content (AvgIpc) is 2.63. The molecule has 1 heterocycles. The summed E-state index contributed by atoms with van der Waals surface area (Å²) in [4.78, 5) is 6.60. The van der Waals surface area contributed by atoms with Crippen LogP contribution in [0.15, 0.2) is 29.3 Å². The number of nitrogens with one attached hydrogen (secondary N) is 2. The van der Waals surface area contributed by atoms with Gasteiger partial charge in [0.25, 0.3) is 0 Å². The van der Waals surface area contributed by atoms with Gasteiger partial charge in [-0.15, -0.1) is 24.0 Å². The number of nitrogens with zero attached hydrogens (tertiary/aromatic N) is 2. The molecule has 2 rings (SSSR count). The molecule has 0 aromatic heterocycles. The second kappa shape index (κ2) is 11.4. The van der Waals surface area contributed by atoms with Crippen molar-refractivity contribution in [3.8, 4) is 11.5 Å². The largest absolute Gasteiger partial charge is 0.486 e. The van der Waals surface area contributed by atoms with Crippen molar-refractivity contribution in [1.29, 1.82) is 0 Å². The number of halogens is 1. The van der Waals surface area contributed by atoms with Gasteiger partial charge in [0, 0.05) is 26.2 Å². The minimum atomic E-state index is -0.0266. The lowest BCUT2D eigenvalue weighted by Gasteiger charge is -2.27. The topological polar surface area (TPSA) is 58.1 Å². The monoisotopic (exact) mass is 462 g/mol. The Kier molecular flexibility index (Phi) is 9.96. The van der Waals surface area contributed by atoms with Crippen LogP contribution >= 0.6 is 24.0 Å². The second-order valence-corrected chi connectivity index (χ2v) is 6.12. The van der Waals surface area contributed by atoms with Crippen LogP contribution in [0.25, 0.3) is 0 Å². The number of fused-ring (bicyclic) bond motifs is 1. The van der Waals surface area contributed by atoms with E-state index in [2.05, 4.69) is 41.4 Å². The van der Waals surface area contributed by atoms with Crippen molar-refractivity contribution in [3.05, 3.63) is 24.3 Å². The fourth-order valence-electron chi connectivity index (χ4n) is 2.48. The van der Waals surface area contributed by atoms with E-state index in [4.69, 9.17) is 9.47 Å². The molecule has 0 bridgehead atoms. The van der Waals surface area contributed by atoms with Gasteiger partial charge in [-0.3, -0.25) is 4.99 Å². The summed E-state index contributed by atoms with van der Waals surface area (Å²) in [5.74, 6) is 2.40. The van der Waals surface area contributed by atoms with Crippen molar-refractivity contribution in [2.24, 2.45) is 4.99 Å². The first-order chi connectivity index (χ1) is 11.6. The molecule has 1 aromatic carbocycles. The number of hydrogen-bond acceptors (Lipinski definition) is 4. The Bertz CT molecular complexity index is 542. The molecule has 0 spiro atoms. The van der Waals surface area contributed by atoms with Crippen molar-refractivity contribution in [1.82, 2.24) is 15.5 Å². The first-order valence-corrected chi connectivity index (χ1v) is 8.67. The minimum absolute atomic E-state index is 0. The van der Waals surface area contributed by atoms with Crippen molar-refractivity contribution in [3.63, 3.8) is 0 Å². The molecule has 0 fully saturated rings. The summed E-state index contributed by atoms with van der Waals surface area (Å²) in [6, 6.07) is 8.34. The Labute approximate surface area is 168 Å². The summed E-state index contributed by atoms with van der Waals surface area (Å²) in [5.41, 5.74) is 0. The van der Waals surface area contributed by atoms with E-state index in [9.17, 15) is 0 Å². The Balaban J connectivity index is 0.00000312. The number of para-hydroxylation sites is 2. The molecule has 6 nitrogen and oxygen atoms in total. The lowest BCUT2D eigenvalue weighted by Crippen LogP contribution is -2.47. The average molecular weight is 462 g/mol. The Morgan fingerprint density at radius 3 is 2.72 bits per heavy atom. The zero-order chi connectivity index (χ0) is 17.4. The zero-order valence-electron chi connectivity index (χ0n) is 15.6.